The highest BCUT2D eigenvalue weighted by Crippen LogP contribution is 2.14. The Hall–Kier alpha value is -1.20. The van der Waals surface area contributed by atoms with E-state index in [-0.39, 0.29) is 6.04 Å². The van der Waals surface area contributed by atoms with Crippen LogP contribution in [0.1, 0.15) is 12.6 Å². The molecule has 2 aromatic rings. The zero-order valence-electron chi connectivity index (χ0n) is 8.97. The average molecular weight is 281 g/mol. The van der Waals surface area contributed by atoms with Crippen molar-refractivity contribution in [1.82, 2.24) is 15.0 Å². The van der Waals surface area contributed by atoms with Crippen molar-refractivity contribution in [3.8, 4) is 5.69 Å². The average Bonchev–Trinajstić information content (AvgIpc) is 2.65. The molecule has 1 heterocycles. The highest BCUT2D eigenvalue weighted by molar-refractivity contribution is 9.10. The quantitative estimate of drug-likeness (QED) is 0.935. The second kappa shape index (κ2) is 4.76. The first-order valence-corrected chi connectivity index (χ1v) is 5.87. The van der Waals surface area contributed by atoms with Crippen LogP contribution < -0.4 is 5.73 Å². The lowest BCUT2D eigenvalue weighted by molar-refractivity contribution is 0.716. The normalized spacial score (nSPS) is 12.7. The van der Waals surface area contributed by atoms with E-state index in [2.05, 4.69) is 26.2 Å². The summed E-state index contributed by atoms with van der Waals surface area (Å²) < 4.78 is 2.77. The summed E-state index contributed by atoms with van der Waals surface area (Å²) in [7, 11) is 0. The van der Waals surface area contributed by atoms with Gasteiger partial charge in [-0.3, -0.25) is 0 Å². The van der Waals surface area contributed by atoms with Crippen LogP contribution >= 0.6 is 15.9 Å². The number of nitrogens with two attached hydrogens (primary N) is 1. The summed E-state index contributed by atoms with van der Waals surface area (Å²) in [6.07, 6.45) is 2.65. The van der Waals surface area contributed by atoms with Crippen LogP contribution in [-0.2, 0) is 6.42 Å². The Bertz CT molecular complexity index is 478. The Morgan fingerprint density at radius 3 is 3.00 bits per heavy atom. The van der Waals surface area contributed by atoms with E-state index < -0.39 is 0 Å². The fourth-order valence-corrected chi connectivity index (χ4v) is 1.85. The van der Waals surface area contributed by atoms with E-state index in [9.17, 15) is 0 Å². The minimum Gasteiger partial charge on any atom is -0.328 e. The van der Waals surface area contributed by atoms with Gasteiger partial charge < -0.3 is 5.73 Å². The van der Waals surface area contributed by atoms with Crippen LogP contribution in [0.15, 0.2) is 34.9 Å². The topological polar surface area (TPSA) is 56.7 Å². The SMILES string of the molecule is CC(N)Cc1cn(-c2cccc(Br)c2)nn1. The molecule has 0 radical (unpaired) electrons. The second-order valence-electron chi connectivity index (χ2n) is 3.82. The highest BCUT2D eigenvalue weighted by atomic mass is 79.9. The number of aromatic nitrogens is 3. The van der Waals surface area contributed by atoms with Crippen molar-refractivity contribution in [3.63, 3.8) is 0 Å². The van der Waals surface area contributed by atoms with Gasteiger partial charge in [-0.05, 0) is 25.1 Å². The lowest BCUT2D eigenvalue weighted by Gasteiger charge is -2.00. The fourth-order valence-electron chi connectivity index (χ4n) is 1.47. The van der Waals surface area contributed by atoms with Crippen LogP contribution in [0.4, 0.5) is 0 Å². The molecule has 0 spiro atoms. The van der Waals surface area contributed by atoms with Gasteiger partial charge in [0.15, 0.2) is 0 Å². The van der Waals surface area contributed by atoms with E-state index in [1.807, 2.05) is 37.4 Å². The third kappa shape index (κ3) is 2.68. The van der Waals surface area contributed by atoms with Gasteiger partial charge in [0.1, 0.15) is 0 Å². The van der Waals surface area contributed by atoms with Crippen LogP contribution in [0, 0.1) is 0 Å². The van der Waals surface area contributed by atoms with Gasteiger partial charge in [0.25, 0.3) is 0 Å². The largest absolute Gasteiger partial charge is 0.328 e. The predicted molar refractivity (Wildman–Crippen MR) is 66.4 cm³/mol. The van der Waals surface area contributed by atoms with Gasteiger partial charge in [0.05, 0.1) is 17.6 Å². The second-order valence-corrected chi connectivity index (χ2v) is 4.73. The molecule has 16 heavy (non-hydrogen) atoms. The lowest BCUT2D eigenvalue weighted by Crippen LogP contribution is -2.17. The highest BCUT2D eigenvalue weighted by Gasteiger charge is 2.05. The van der Waals surface area contributed by atoms with E-state index in [4.69, 9.17) is 5.73 Å². The van der Waals surface area contributed by atoms with Gasteiger partial charge in [-0.1, -0.05) is 27.2 Å². The molecule has 5 heteroatoms. The molecule has 0 fully saturated rings. The molecule has 0 aliphatic heterocycles. The first-order chi connectivity index (χ1) is 7.65. The number of halogens is 1. The molecule has 0 saturated carbocycles. The van der Waals surface area contributed by atoms with Crippen LogP contribution in [0.5, 0.6) is 0 Å². The maximum Gasteiger partial charge on any atom is 0.0847 e. The minimum atomic E-state index is 0.104. The van der Waals surface area contributed by atoms with E-state index >= 15 is 0 Å². The van der Waals surface area contributed by atoms with Crippen LogP contribution in [0.25, 0.3) is 5.69 Å². The summed E-state index contributed by atoms with van der Waals surface area (Å²) in [5.41, 5.74) is 7.61. The smallest absolute Gasteiger partial charge is 0.0847 e. The molecule has 1 unspecified atom stereocenters. The molecule has 0 aliphatic rings. The summed E-state index contributed by atoms with van der Waals surface area (Å²) in [4.78, 5) is 0. The molecule has 1 aromatic heterocycles. The van der Waals surface area contributed by atoms with Gasteiger partial charge in [0.2, 0.25) is 0 Å². The van der Waals surface area contributed by atoms with Gasteiger partial charge in [-0.2, -0.15) is 0 Å². The van der Waals surface area contributed by atoms with Gasteiger partial charge in [-0.15, -0.1) is 5.10 Å². The molecular formula is C11H13BrN4. The molecular weight excluding hydrogens is 268 g/mol. The molecule has 84 valence electrons. The monoisotopic (exact) mass is 280 g/mol. The zero-order chi connectivity index (χ0) is 11.5. The molecule has 0 amide bonds. The standard InChI is InChI=1S/C11H13BrN4/c1-8(13)5-10-7-16(15-14-10)11-4-2-3-9(12)6-11/h2-4,6-8H,5,13H2,1H3. The Kier molecular flexibility index (Phi) is 3.36. The Balaban J connectivity index is 2.24. The Labute approximate surface area is 103 Å². The molecule has 4 nitrogen and oxygen atoms in total. The number of benzene rings is 1. The predicted octanol–water partition coefficient (Wildman–Crippen LogP) is 1.92. The van der Waals surface area contributed by atoms with Crippen molar-refractivity contribution in [2.45, 2.75) is 19.4 Å². The van der Waals surface area contributed by atoms with Crippen molar-refractivity contribution < 1.29 is 0 Å². The molecule has 0 aliphatic carbocycles. The third-order valence-corrected chi connectivity index (χ3v) is 2.64. The molecule has 2 rings (SSSR count). The van der Waals surface area contributed by atoms with E-state index in [0.717, 1.165) is 22.3 Å². The first kappa shape index (κ1) is 11.3. The van der Waals surface area contributed by atoms with E-state index in [0.29, 0.717) is 0 Å². The third-order valence-electron chi connectivity index (χ3n) is 2.14. The summed E-state index contributed by atoms with van der Waals surface area (Å²) in [5.74, 6) is 0. The maximum absolute atomic E-state index is 5.71. The van der Waals surface area contributed by atoms with Crippen LogP contribution in [0.3, 0.4) is 0 Å². The van der Waals surface area contributed by atoms with Crippen molar-refractivity contribution in [2.24, 2.45) is 5.73 Å². The minimum absolute atomic E-state index is 0.104. The van der Waals surface area contributed by atoms with Crippen molar-refractivity contribution in [2.75, 3.05) is 0 Å². The summed E-state index contributed by atoms with van der Waals surface area (Å²) in [6.45, 7) is 1.96. The number of nitrogens with zero attached hydrogens (tertiary/aromatic N) is 3. The number of hydrogen-bond acceptors (Lipinski definition) is 3. The van der Waals surface area contributed by atoms with E-state index in [1.165, 1.54) is 0 Å². The maximum atomic E-state index is 5.71. The van der Waals surface area contributed by atoms with Crippen LogP contribution in [-0.4, -0.2) is 21.0 Å². The van der Waals surface area contributed by atoms with E-state index in [1.54, 1.807) is 4.68 Å². The fraction of sp³-hybridized carbons (Fsp3) is 0.273. The van der Waals surface area contributed by atoms with Gasteiger partial charge in [-0.25, -0.2) is 4.68 Å². The summed E-state index contributed by atoms with van der Waals surface area (Å²) in [6, 6.07) is 8.02. The van der Waals surface area contributed by atoms with Crippen LogP contribution in [0.2, 0.25) is 0 Å². The molecule has 1 aromatic carbocycles. The molecule has 0 saturated heterocycles. The summed E-state index contributed by atoms with van der Waals surface area (Å²) in [5, 5.41) is 8.15. The van der Waals surface area contributed by atoms with Gasteiger partial charge in [0, 0.05) is 16.9 Å². The first-order valence-electron chi connectivity index (χ1n) is 5.08. The molecule has 0 bridgehead atoms. The zero-order valence-corrected chi connectivity index (χ0v) is 10.6. The number of rotatable bonds is 3. The summed E-state index contributed by atoms with van der Waals surface area (Å²) >= 11 is 3.42. The Morgan fingerprint density at radius 1 is 1.50 bits per heavy atom. The van der Waals surface area contributed by atoms with Gasteiger partial charge >= 0.3 is 0 Å². The molecule has 2 N–H and O–H groups in total. The van der Waals surface area contributed by atoms with Crippen molar-refractivity contribution in [3.05, 3.63) is 40.6 Å². The van der Waals surface area contributed by atoms with Crippen molar-refractivity contribution >= 4 is 15.9 Å². The number of hydrogen-bond donors (Lipinski definition) is 1. The Morgan fingerprint density at radius 2 is 2.31 bits per heavy atom. The molecule has 1 atom stereocenters. The van der Waals surface area contributed by atoms with Crippen molar-refractivity contribution in [1.29, 1.82) is 0 Å². The lowest BCUT2D eigenvalue weighted by atomic mass is 10.2.